The number of aromatic nitrogens is 1. The molecular weight excluding hydrogens is 260 g/mol. The molecule has 0 bridgehead atoms. The molecule has 2 rings (SSSR count). The van der Waals surface area contributed by atoms with Crippen molar-refractivity contribution < 1.29 is 14.7 Å². The topological polar surface area (TPSA) is 109 Å². The summed E-state index contributed by atoms with van der Waals surface area (Å²) in [7, 11) is 0. The molecule has 2 atom stereocenters. The van der Waals surface area contributed by atoms with Gasteiger partial charge in [-0.15, -0.1) is 0 Å². The van der Waals surface area contributed by atoms with Crippen LogP contribution < -0.4 is 11.1 Å². The van der Waals surface area contributed by atoms with Gasteiger partial charge in [0.1, 0.15) is 11.8 Å². The van der Waals surface area contributed by atoms with Crippen LogP contribution in [0.15, 0.2) is 18.3 Å². The molecule has 1 aromatic rings. The molecule has 2 amide bonds. The Morgan fingerprint density at radius 2 is 2.35 bits per heavy atom. The van der Waals surface area contributed by atoms with Crippen LogP contribution in [0.4, 0.5) is 0 Å². The Kier molecular flexibility index (Phi) is 4.19. The van der Waals surface area contributed by atoms with Gasteiger partial charge in [0.25, 0.3) is 5.91 Å². The number of nitrogens with two attached hydrogens (primary N) is 1. The zero-order chi connectivity index (χ0) is 14.7. The SMILES string of the molecule is CCNC(=O)[C@@H]1C[C@H](N)CN1C(=O)c1ncccc1O. The summed E-state index contributed by atoms with van der Waals surface area (Å²) in [4.78, 5) is 29.6. The summed E-state index contributed by atoms with van der Waals surface area (Å²) in [6.07, 6.45) is 1.83. The molecule has 20 heavy (non-hydrogen) atoms. The minimum Gasteiger partial charge on any atom is -0.505 e. The minimum atomic E-state index is -0.612. The van der Waals surface area contributed by atoms with E-state index in [1.807, 2.05) is 6.92 Å². The standard InChI is InChI=1S/C13H18N4O3/c1-2-15-12(19)9-6-8(14)7-17(9)13(20)11-10(18)4-3-5-16-11/h3-5,8-9,18H,2,6-7,14H2,1H3,(H,15,19)/t8-,9-/m0/s1. The van der Waals surface area contributed by atoms with E-state index >= 15 is 0 Å². The molecule has 1 saturated heterocycles. The number of carbonyl (C=O) groups excluding carboxylic acids is 2. The van der Waals surface area contributed by atoms with Crippen molar-refractivity contribution in [1.29, 1.82) is 0 Å². The molecule has 1 aromatic heterocycles. The number of carbonyl (C=O) groups is 2. The van der Waals surface area contributed by atoms with Crippen LogP contribution in [0.25, 0.3) is 0 Å². The fourth-order valence-corrected chi connectivity index (χ4v) is 2.33. The van der Waals surface area contributed by atoms with Gasteiger partial charge in [0, 0.05) is 25.3 Å². The van der Waals surface area contributed by atoms with Crippen LogP contribution in [0.3, 0.4) is 0 Å². The van der Waals surface area contributed by atoms with Gasteiger partial charge in [0.15, 0.2) is 5.69 Å². The van der Waals surface area contributed by atoms with Gasteiger partial charge in [-0.25, -0.2) is 4.98 Å². The zero-order valence-electron chi connectivity index (χ0n) is 11.2. The highest BCUT2D eigenvalue weighted by molar-refractivity contribution is 5.98. The molecule has 108 valence electrons. The second-order valence-electron chi connectivity index (χ2n) is 4.73. The Labute approximate surface area is 116 Å². The molecule has 0 radical (unpaired) electrons. The molecule has 0 spiro atoms. The van der Waals surface area contributed by atoms with Gasteiger partial charge >= 0.3 is 0 Å². The first-order valence-corrected chi connectivity index (χ1v) is 6.52. The van der Waals surface area contributed by atoms with Gasteiger partial charge in [0.05, 0.1) is 0 Å². The van der Waals surface area contributed by atoms with Gasteiger partial charge in [-0.05, 0) is 25.5 Å². The first-order valence-electron chi connectivity index (χ1n) is 6.52. The van der Waals surface area contributed by atoms with Crippen LogP contribution in [0.2, 0.25) is 0 Å². The van der Waals surface area contributed by atoms with Crippen LogP contribution in [0, 0.1) is 0 Å². The summed E-state index contributed by atoms with van der Waals surface area (Å²) in [5, 5.41) is 12.4. The summed E-state index contributed by atoms with van der Waals surface area (Å²) in [6, 6.07) is 2.05. The lowest BCUT2D eigenvalue weighted by Crippen LogP contribution is -2.46. The first-order chi connectivity index (χ1) is 9.54. The fraction of sp³-hybridized carbons (Fsp3) is 0.462. The molecule has 0 aromatic carbocycles. The normalized spacial score (nSPS) is 21.8. The molecule has 7 heteroatoms. The molecule has 2 heterocycles. The largest absolute Gasteiger partial charge is 0.505 e. The average Bonchev–Trinajstić information content (AvgIpc) is 2.81. The van der Waals surface area contributed by atoms with Crippen molar-refractivity contribution in [3.05, 3.63) is 24.0 Å². The lowest BCUT2D eigenvalue weighted by Gasteiger charge is -2.23. The van der Waals surface area contributed by atoms with Crippen LogP contribution >= 0.6 is 0 Å². The van der Waals surface area contributed by atoms with Crippen molar-refractivity contribution in [1.82, 2.24) is 15.2 Å². The van der Waals surface area contributed by atoms with Crippen LogP contribution in [-0.4, -0.2) is 52.0 Å². The number of likely N-dealkylation sites (N-methyl/N-ethyl adjacent to an activating group) is 1. The number of amides is 2. The maximum absolute atomic E-state index is 12.4. The summed E-state index contributed by atoms with van der Waals surface area (Å²) >= 11 is 0. The predicted molar refractivity (Wildman–Crippen MR) is 72.0 cm³/mol. The number of rotatable bonds is 3. The minimum absolute atomic E-state index is 0.0594. The molecule has 7 nitrogen and oxygen atoms in total. The predicted octanol–water partition coefficient (Wildman–Crippen LogP) is -0.535. The van der Waals surface area contributed by atoms with Gasteiger partial charge in [-0.3, -0.25) is 9.59 Å². The summed E-state index contributed by atoms with van der Waals surface area (Å²) in [5.41, 5.74) is 5.79. The number of aromatic hydroxyl groups is 1. The highest BCUT2D eigenvalue weighted by Gasteiger charge is 2.39. The Morgan fingerprint density at radius 1 is 1.60 bits per heavy atom. The molecule has 0 unspecified atom stereocenters. The average molecular weight is 278 g/mol. The van der Waals surface area contributed by atoms with E-state index in [1.165, 1.54) is 23.2 Å². The van der Waals surface area contributed by atoms with Gasteiger partial charge in [0.2, 0.25) is 5.91 Å². The van der Waals surface area contributed by atoms with E-state index in [0.717, 1.165) is 0 Å². The van der Waals surface area contributed by atoms with Gasteiger partial charge < -0.3 is 21.1 Å². The van der Waals surface area contributed by atoms with E-state index < -0.39 is 11.9 Å². The Balaban J connectivity index is 2.23. The van der Waals surface area contributed by atoms with E-state index in [9.17, 15) is 14.7 Å². The maximum atomic E-state index is 12.4. The third kappa shape index (κ3) is 2.72. The van der Waals surface area contributed by atoms with Crippen molar-refractivity contribution in [2.45, 2.75) is 25.4 Å². The maximum Gasteiger partial charge on any atom is 0.277 e. The Morgan fingerprint density at radius 3 is 3.00 bits per heavy atom. The highest BCUT2D eigenvalue weighted by Crippen LogP contribution is 2.22. The number of pyridine rings is 1. The molecule has 1 aliphatic heterocycles. The molecular formula is C13H18N4O3. The van der Waals surface area contributed by atoms with Crippen molar-refractivity contribution in [3.63, 3.8) is 0 Å². The van der Waals surface area contributed by atoms with E-state index in [1.54, 1.807) is 0 Å². The summed E-state index contributed by atoms with van der Waals surface area (Å²) < 4.78 is 0. The number of nitrogens with one attached hydrogen (secondary N) is 1. The quantitative estimate of drug-likeness (QED) is 0.688. The van der Waals surface area contributed by atoms with Crippen LogP contribution in [0.1, 0.15) is 23.8 Å². The third-order valence-electron chi connectivity index (χ3n) is 3.24. The summed E-state index contributed by atoms with van der Waals surface area (Å²) in [5.74, 6) is -0.913. The lowest BCUT2D eigenvalue weighted by atomic mass is 10.1. The molecule has 1 aliphatic rings. The van der Waals surface area contributed by atoms with Crippen molar-refractivity contribution >= 4 is 11.8 Å². The molecule has 1 fully saturated rings. The van der Waals surface area contributed by atoms with Gasteiger partial charge in [-0.1, -0.05) is 0 Å². The van der Waals surface area contributed by atoms with Crippen molar-refractivity contribution in [2.24, 2.45) is 5.73 Å². The second kappa shape index (κ2) is 5.87. The Hall–Kier alpha value is -2.15. The van der Waals surface area contributed by atoms with E-state index in [4.69, 9.17) is 5.73 Å². The van der Waals surface area contributed by atoms with E-state index in [0.29, 0.717) is 13.0 Å². The first kappa shape index (κ1) is 14.3. The highest BCUT2D eigenvalue weighted by atomic mass is 16.3. The molecule has 0 aliphatic carbocycles. The van der Waals surface area contributed by atoms with Crippen molar-refractivity contribution in [3.8, 4) is 5.75 Å². The summed E-state index contributed by atoms with van der Waals surface area (Å²) in [6.45, 7) is 2.57. The monoisotopic (exact) mass is 278 g/mol. The van der Waals surface area contributed by atoms with Gasteiger partial charge in [-0.2, -0.15) is 0 Å². The Bertz CT molecular complexity index is 520. The van der Waals surface area contributed by atoms with Crippen LogP contribution in [0.5, 0.6) is 5.75 Å². The number of likely N-dealkylation sites (tertiary alicyclic amines) is 1. The van der Waals surface area contributed by atoms with E-state index in [-0.39, 0.29) is 29.9 Å². The number of hydrogen-bond acceptors (Lipinski definition) is 5. The number of nitrogens with zero attached hydrogens (tertiary/aromatic N) is 2. The second-order valence-corrected chi connectivity index (χ2v) is 4.73. The number of hydrogen-bond donors (Lipinski definition) is 3. The lowest BCUT2D eigenvalue weighted by molar-refractivity contribution is -0.124. The smallest absolute Gasteiger partial charge is 0.277 e. The van der Waals surface area contributed by atoms with E-state index in [2.05, 4.69) is 10.3 Å². The zero-order valence-corrected chi connectivity index (χ0v) is 11.2. The molecule has 4 N–H and O–H groups in total. The third-order valence-corrected chi connectivity index (χ3v) is 3.24. The fourth-order valence-electron chi connectivity index (χ4n) is 2.33. The van der Waals surface area contributed by atoms with Crippen LogP contribution in [-0.2, 0) is 4.79 Å². The van der Waals surface area contributed by atoms with Crippen molar-refractivity contribution in [2.75, 3.05) is 13.1 Å². The molecule has 0 saturated carbocycles.